The molecule has 0 bridgehead atoms. The monoisotopic (exact) mass is 252 g/mol. The predicted molar refractivity (Wildman–Crippen MR) is 71.8 cm³/mol. The molecule has 0 radical (unpaired) electrons. The maximum atomic E-state index is 12.0. The van der Waals surface area contributed by atoms with E-state index >= 15 is 0 Å². The highest BCUT2D eigenvalue weighted by Crippen LogP contribution is 2.19. The molecule has 1 fully saturated rings. The smallest absolute Gasteiger partial charge is 0.240 e. The van der Waals surface area contributed by atoms with E-state index in [1.165, 1.54) is 0 Å². The van der Waals surface area contributed by atoms with Gasteiger partial charge in [-0.15, -0.1) is 6.58 Å². The molecule has 4 nitrogen and oxygen atoms in total. The van der Waals surface area contributed by atoms with Crippen molar-refractivity contribution in [2.24, 2.45) is 5.73 Å². The number of rotatable bonds is 8. The highest BCUT2D eigenvalue weighted by atomic mass is 16.2. The van der Waals surface area contributed by atoms with E-state index in [0.717, 1.165) is 44.9 Å². The summed E-state index contributed by atoms with van der Waals surface area (Å²) in [6.45, 7) is 4.36. The van der Waals surface area contributed by atoms with E-state index in [0.29, 0.717) is 13.0 Å². The standard InChI is InChI=1S/C14H24N2O2/c1-2-3-4-5-6-7-10-13(17)16-11-8-9-12(16)14(15)18/h2,12H,1,3-11H2,(H2,15,18)/t12-/m0/s1. The summed E-state index contributed by atoms with van der Waals surface area (Å²) >= 11 is 0. The molecule has 0 aromatic carbocycles. The Hall–Kier alpha value is -1.32. The largest absolute Gasteiger partial charge is 0.368 e. The summed E-state index contributed by atoms with van der Waals surface area (Å²) in [4.78, 5) is 24.8. The normalized spacial score (nSPS) is 18.9. The van der Waals surface area contributed by atoms with E-state index in [1.807, 2.05) is 6.08 Å². The average Bonchev–Trinajstić information content (AvgIpc) is 2.82. The predicted octanol–water partition coefficient (Wildman–Crippen LogP) is 1.99. The Labute approximate surface area is 109 Å². The van der Waals surface area contributed by atoms with Crippen LogP contribution in [0, 0.1) is 0 Å². The molecule has 0 saturated carbocycles. The molecule has 1 aliphatic rings. The van der Waals surface area contributed by atoms with Gasteiger partial charge in [-0.1, -0.05) is 18.9 Å². The van der Waals surface area contributed by atoms with Crippen molar-refractivity contribution in [2.45, 2.75) is 57.4 Å². The average molecular weight is 252 g/mol. The lowest BCUT2D eigenvalue weighted by molar-refractivity contribution is -0.137. The fraction of sp³-hybridized carbons (Fsp3) is 0.714. The van der Waals surface area contributed by atoms with Gasteiger partial charge in [-0.25, -0.2) is 0 Å². The summed E-state index contributed by atoms with van der Waals surface area (Å²) in [7, 11) is 0. The van der Waals surface area contributed by atoms with Crippen LogP contribution < -0.4 is 5.73 Å². The van der Waals surface area contributed by atoms with Crippen molar-refractivity contribution in [2.75, 3.05) is 6.54 Å². The van der Waals surface area contributed by atoms with Crippen molar-refractivity contribution in [3.05, 3.63) is 12.7 Å². The summed E-state index contributed by atoms with van der Waals surface area (Å²) < 4.78 is 0. The van der Waals surface area contributed by atoms with E-state index in [2.05, 4.69) is 6.58 Å². The maximum absolute atomic E-state index is 12.0. The summed E-state index contributed by atoms with van der Waals surface area (Å²) in [5.41, 5.74) is 5.29. The number of unbranched alkanes of at least 4 members (excludes halogenated alkanes) is 4. The lowest BCUT2D eigenvalue weighted by atomic mass is 10.1. The van der Waals surface area contributed by atoms with Gasteiger partial charge in [0.15, 0.2) is 0 Å². The van der Waals surface area contributed by atoms with Crippen LogP contribution in [-0.2, 0) is 9.59 Å². The minimum atomic E-state index is -0.369. The van der Waals surface area contributed by atoms with E-state index in [1.54, 1.807) is 4.90 Å². The molecule has 2 amide bonds. The molecule has 1 rings (SSSR count). The van der Waals surface area contributed by atoms with Gasteiger partial charge in [0.25, 0.3) is 0 Å². The van der Waals surface area contributed by atoms with Crippen LogP contribution in [-0.4, -0.2) is 29.3 Å². The van der Waals surface area contributed by atoms with Gasteiger partial charge in [0.2, 0.25) is 11.8 Å². The molecule has 4 heteroatoms. The Balaban J connectivity index is 2.20. The van der Waals surface area contributed by atoms with E-state index in [4.69, 9.17) is 5.73 Å². The van der Waals surface area contributed by atoms with Crippen molar-refractivity contribution in [3.8, 4) is 0 Å². The van der Waals surface area contributed by atoms with E-state index in [-0.39, 0.29) is 17.9 Å². The molecule has 2 N–H and O–H groups in total. The number of likely N-dealkylation sites (tertiary alicyclic amines) is 1. The minimum absolute atomic E-state index is 0.0834. The Bertz CT molecular complexity index is 302. The van der Waals surface area contributed by atoms with Gasteiger partial charge in [-0.3, -0.25) is 9.59 Å². The van der Waals surface area contributed by atoms with Gasteiger partial charge in [0.1, 0.15) is 6.04 Å². The number of carbonyl (C=O) groups excluding carboxylic acids is 2. The van der Waals surface area contributed by atoms with Gasteiger partial charge in [0, 0.05) is 13.0 Å². The minimum Gasteiger partial charge on any atom is -0.368 e. The molecule has 0 aromatic heterocycles. The molecule has 1 atom stereocenters. The Morgan fingerprint density at radius 3 is 2.67 bits per heavy atom. The summed E-state index contributed by atoms with van der Waals surface area (Å²) in [6, 6.07) is -0.363. The number of amides is 2. The van der Waals surface area contributed by atoms with Crippen LogP contribution in [0.3, 0.4) is 0 Å². The fourth-order valence-corrected chi connectivity index (χ4v) is 2.42. The number of hydrogen-bond acceptors (Lipinski definition) is 2. The van der Waals surface area contributed by atoms with Crippen LogP contribution in [0.2, 0.25) is 0 Å². The van der Waals surface area contributed by atoms with Gasteiger partial charge < -0.3 is 10.6 Å². The third kappa shape index (κ3) is 4.51. The molecule has 102 valence electrons. The third-order valence-corrected chi connectivity index (χ3v) is 3.45. The highest BCUT2D eigenvalue weighted by molar-refractivity contribution is 5.87. The Kier molecular flexibility index (Phi) is 6.47. The molecular weight excluding hydrogens is 228 g/mol. The number of allylic oxidation sites excluding steroid dienone is 1. The van der Waals surface area contributed by atoms with Crippen LogP contribution in [0.15, 0.2) is 12.7 Å². The Morgan fingerprint density at radius 2 is 2.00 bits per heavy atom. The lowest BCUT2D eigenvalue weighted by Crippen LogP contribution is -2.43. The Morgan fingerprint density at radius 1 is 1.28 bits per heavy atom. The van der Waals surface area contributed by atoms with Gasteiger partial charge >= 0.3 is 0 Å². The molecule has 1 saturated heterocycles. The zero-order valence-electron chi connectivity index (χ0n) is 11.1. The highest BCUT2D eigenvalue weighted by Gasteiger charge is 2.31. The third-order valence-electron chi connectivity index (χ3n) is 3.45. The first-order chi connectivity index (χ1) is 8.66. The first kappa shape index (κ1) is 14.7. The fourth-order valence-electron chi connectivity index (χ4n) is 2.42. The van der Waals surface area contributed by atoms with Crippen molar-refractivity contribution in [1.29, 1.82) is 0 Å². The molecule has 0 aliphatic carbocycles. The van der Waals surface area contributed by atoms with Crippen LogP contribution in [0.25, 0.3) is 0 Å². The van der Waals surface area contributed by atoms with E-state index in [9.17, 15) is 9.59 Å². The number of carbonyl (C=O) groups is 2. The second-order valence-corrected chi connectivity index (χ2v) is 4.89. The van der Waals surface area contributed by atoms with Crippen LogP contribution in [0.1, 0.15) is 51.4 Å². The lowest BCUT2D eigenvalue weighted by Gasteiger charge is -2.22. The van der Waals surface area contributed by atoms with Gasteiger partial charge in [-0.2, -0.15) is 0 Å². The second-order valence-electron chi connectivity index (χ2n) is 4.89. The summed E-state index contributed by atoms with van der Waals surface area (Å²) in [6.07, 6.45) is 9.37. The maximum Gasteiger partial charge on any atom is 0.240 e. The van der Waals surface area contributed by atoms with Crippen LogP contribution >= 0.6 is 0 Å². The van der Waals surface area contributed by atoms with Gasteiger partial charge in [-0.05, 0) is 32.1 Å². The summed E-state index contributed by atoms with van der Waals surface area (Å²) in [5, 5.41) is 0. The molecule has 1 aliphatic heterocycles. The van der Waals surface area contributed by atoms with E-state index < -0.39 is 0 Å². The van der Waals surface area contributed by atoms with Crippen LogP contribution in [0.4, 0.5) is 0 Å². The topological polar surface area (TPSA) is 63.4 Å². The molecule has 0 spiro atoms. The van der Waals surface area contributed by atoms with Gasteiger partial charge in [0.05, 0.1) is 0 Å². The quantitative estimate of drug-likeness (QED) is 0.530. The van der Waals surface area contributed by atoms with Crippen LogP contribution in [0.5, 0.6) is 0 Å². The zero-order valence-corrected chi connectivity index (χ0v) is 11.1. The number of nitrogens with zero attached hydrogens (tertiary/aromatic N) is 1. The zero-order chi connectivity index (χ0) is 13.4. The van der Waals surface area contributed by atoms with Crippen molar-refractivity contribution >= 4 is 11.8 Å². The van der Waals surface area contributed by atoms with Crippen molar-refractivity contribution in [1.82, 2.24) is 4.90 Å². The second kappa shape index (κ2) is 7.90. The first-order valence-electron chi connectivity index (χ1n) is 6.86. The number of nitrogens with two attached hydrogens (primary N) is 1. The molecule has 18 heavy (non-hydrogen) atoms. The number of primary amides is 1. The summed E-state index contributed by atoms with van der Waals surface area (Å²) in [5.74, 6) is -0.285. The van der Waals surface area contributed by atoms with Crippen molar-refractivity contribution in [3.63, 3.8) is 0 Å². The molecule has 0 unspecified atom stereocenters. The SMILES string of the molecule is C=CCCCCCCC(=O)N1CCC[C@H]1C(N)=O. The molecule has 1 heterocycles. The number of hydrogen-bond donors (Lipinski definition) is 1. The van der Waals surface area contributed by atoms with Crippen molar-refractivity contribution < 1.29 is 9.59 Å². The molecule has 0 aromatic rings. The molecular formula is C14H24N2O2. The first-order valence-corrected chi connectivity index (χ1v) is 6.86.